The molecule has 16 heteroatoms. The predicted octanol–water partition coefficient (Wildman–Crippen LogP) is 5.48. The molecular formula is C43H45ClF2N6O7. The average molecular weight is 831 g/mol. The highest BCUT2D eigenvalue weighted by Gasteiger charge is 2.64. The minimum Gasteiger partial charge on any atom is -0.494 e. The van der Waals surface area contributed by atoms with Gasteiger partial charge in [-0.05, 0) is 68.3 Å². The van der Waals surface area contributed by atoms with Gasteiger partial charge in [0, 0.05) is 61.2 Å². The van der Waals surface area contributed by atoms with E-state index in [9.17, 15) is 29.2 Å². The first-order valence-electron chi connectivity index (χ1n) is 19.6. The summed E-state index contributed by atoms with van der Waals surface area (Å²) in [6, 6.07) is 12.3. The number of halogens is 3. The number of unbranched alkanes of at least 4 members (excludes halogenated alkanes) is 1. The molecule has 1 unspecified atom stereocenters. The fourth-order valence-corrected chi connectivity index (χ4v) is 9.37. The molecule has 2 N–H and O–H groups in total. The molecule has 0 radical (unpaired) electrons. The van der Waals surface area contributed by atoms with Crippen LogP contribution in [0.5, 0.6) is 11.5 Å². The number of fused-ring (bicyclic) bond motifs is 1. The molecule has 0 bridgehead atoms. The van der Waals surface area contributed by atoms with Crippen molar-refractivity contribution in [1.82, 2.24) is 20.4 Å². The van der Waals surface area contributed by atoms with E-state index in [1.54, 1.807) is 24.3 Å². The lowest BCUT2D eigenvalue weighted by Crippen LogP contribution is -2.74. The van der Waals surface area contributed by atoms with Crippen molar-refractivity contribution >= 4 is 46.8 Å². The number of hydrogen-bond donors (Lipinski definition) is 2. The number of nitrogens with zero attached hydrogens (tertiary/aromatic N) is 4. The van der Waals surface area contributed by atoms with Crippen LogP contribution in [-0.4, -0.2) is 96.9 Å². The number of carbonyl (C=O) groups is 5. The summed E-state index contributed by atoms with van der Waals surface area (Å²) in [5, 5.41) is 14.5. The molecule has 1 atom stereocenters. The summed E-state index contributed by atoms with van der Waals surface area (Å²) in [4.78, 5) is 68.4. The Balaban J connectivity index is 0.860. The summed E-state index contributed by atoms with van der Waals surface area (Å²) in [6.07, 6.45) is 1.26. The SMILES string of the molecule is CC1(C)[C@H](NC(=O)c2c(F)cc(N3CCN(CCCCOc4ccc5c(c4)C(=O)N(C4CCC(=O)NC4=O)C5=O)CC3)cc2F)C(C)(C)[C@H]1Oc1ccc(C#N)c(Cl)c1. The second-order valence-corrected chi connectivity index (χ2v) is 17.0. The fraction of sp³-hybridized carbons (Fsp3) is 0.442. The molecule has 1 aliphatic carbocycles. The summed E-state index contributed by atoms with van der Waals surface area (Å²) in [6.45, 7) is 11.2. The molecule has 3 fully saturated rings. The van der Waals surface area contributed by atoms with E-state index in [0.29, 0.717) is 62.0 Å². The van der Waals surface area contributed by atoms with Gasteiger partial charge in [0.1, 0.15) is 46.9 Å². The third kappa shape index (κ3) is 7.95. The molecule has 5 amide bonds. The van der Waals surface area contributed by atoms with Crippen molar-refractivity contribution in [1.29, 1.82) is 5.26 Å². The van der Waals surface area contributed by atoms with Crippen molar-refractivity contribution in [3.05, 3.63) is 87.4 Å². The zero-order valence-electron chi connectivity index (χ0n) is 33.2. The normalized spacial score (nSPS) is 22.3. The molecule has 13 nitrogen and oxygen atoms in total. The molecule has 59 heavy (non-hydrogen) atoms. The van der Waals surface area contributed by atoms with Crippen molar-refractivity contribution < 1.29 is 42.2 Å². The van der Waals surface area contributed by atoms with E-state index in [1.165, 1.54) is 24.3 Å². The summed E-state index contributed by atoms with van der Waals surface area (Å²) in [7, 11) is 0. The molecule has 7 rings (SSSR count). The topological polar surface area (TPSA) is 161 Å². The Bertz CT molecular complexity index is 2230. The quantitative estimate of drug-likeness (QED) is 0.177. The van der Waals surface area contributed by atoms with E-state index < -0.39 is 69.6 Å². The molecule has 2 saturated heterocycles. The number of hydrogen-bond acceptors (Lipinski definition) is 10. The Labute approximate surface area is 345 Å². The maximum Gasteiger partial charge on any atom is 0.262 e. The number of piperidine rings is 1. The molecule has 4 aliphatic rings. The van der Waals surface area contributed by atoms with Gasteiger partial charge in [0.05, 0.1) is 28.3 Å². The average Bonchev–Trinajstić information content (AvgIpc) is 3.43. The van der Waals surface area contributed by atoms with Crippen molar-refractivity contribution in [3.8, 4) is 17.6 Å². The highest BCUT2D eigenvalue weighted by molar-refractivity contribution is 6.31. The molecule has 3 heterocycles. The zero-order chi connectivity index (χ0) is 42.4. The maximum absolute atomic E-state index is 15.5. The Morgan fingerprint density at radius 3 is 2.22 bits per heavy atom. The molecule has 0 aromatic heterocycles. The van der Waals surface area contributed by atoms with Crippen molar-refractivity contribution in [2.45, 2.75) is 71.6 Å². The zero-order valence-corrected chi connectivity index (χ0v) is 34.0. The highest BCUT2D eigenvalue weighted by atomic mass is 35.5. The lowest BCUT2D eigenvalue weighted by molar-refractivity contribution is -0.164. The second-order valence-electron chi connectivity index (χ2n) is 16.6. The summed E-state index contributed by atoms with van der Waals surface area (Å²) >= 11 is 6.20. The van der Waals surface area contributed by atoms with Gasteiger partial charge in [-0.15, -0.1) is 0 Å². The van der Waals surface area contributed by atoms with Crippen LogP contribution in [0.4, 0.5) is 14.5 Å². The number of piperazine rings is 1. The first kappa shape index (κ1) is 41.6. The number of ether oxygens (including phenoxy) is 2. The third-order valence-electron chi connectivity index (χ3n) is 12.0. The van der Waals surface area contributed by atoms with E-state index in [2.05, 4.69) is 15.5 Å². The van der Waals surface area contributed by atoms with Crippen LogP contribution >= 0.6 is 11.6 Å². The lowest BCUT2D eigenvalue weighted by Gasteiger charge is -2.63. The second kappa shape index (κ2) is 16.2. The molecule has 0 spiro atoms. The van der Waals surface area contributed by atoms with Gasteiger partial charge >= 0.3 is 0 Å². The molecular weight excluding hydrogens is 786 g/mol. The van der Waals surface area contributed by atoms with Crippen LogP contribution < -0.4 is 25.0 Å². The summed E-state index contributed by atoms with van der Waals surface area (Å²) < 4.78 is 43.2. The Hall–Kier alpha value is -5.59. The number of amides is 5. The van der Waals surface area contributed by atoms with E-state index in [0.717, 1.165) is 17.9 Å². The molecule has 1 saturated carbocycles. The first-order valence-corrected chi connectivity index (χ1v) is 20.0. The molecule has 3 aliphatic heterocycles. The minimum absolute atomic E-state index is 0.0439. The van der Waals surface area contributed by atoms with Crippen molar-refractivity contribution in [3.63, 3.8) is 0 Å². The van der Waals surface area contributed by atoms with Gasteiger partial charge in [0.2, 0.25) is 11.8 Å². The van der Waals surface area contributed by atoms with Gasteiger partial charge in [-0.3, -0.25) is 39.1 Å². The van der Waals surface area contributed by atoms with Crippen LogP contribution in [0.3, 0.4) is 0 Å². The number of nitrogens with one attached hydrogen (secondary N) is 2. The van der Waals surface area contributed by atoms with E-state index in [1.807, 2.05) is 38.7 Å². The molecule has 3 aromatic carbocycles. The Kier molecular flexibility index (Phi) is 11.4. The lowest BCUT2D eigenvalue weighted by atomic mass is 9.49. The number of benzene rings is 3. The van der Waals surface area contributed by atoms with Crippen molar-refractivity contribution in [2.75, 3.05) is 44.2 Å². The number of anilines is 1. The molecule has 310 valence electrons. The van der Waals surface area contributed by atoms with Crippen LogP contribution in [0.1, 0.15) is 90.0 Å². The van der Waals surface area contributed by atoms with E-state index in [4.69, 9.17) is 21.1 Å². The minimum atomic E-state index is -1.04. The van der Waals surface area contributed by atoms with Gasteiger partial charge in [0.25, 0.3) is 17.7 Å². The van der Waals surface area contributed by atoms with Gasteiger partial charge in [-0.25, -0.2) is 8.78 Å². The number of carbonyl (C=O) groups excluding carboxylic acids is 5. The van der Waals surface area contributed by atoms with Crippen molar-refractivity contribution in [2.24, 2.45) is 10.8 Å². The smallest absolute Gasteiger partial charge is 0.262 e. The number of rotatable bonds is 12. The fourth-order valence-electron chi connectivity index (χ4n) is 9.16. The number of nitriles is 1. The predicted molar refractivity (Wildman–Crippen MR) is 212 cm³/mol. The maximum atomic E-state index is 15.5. The monoisotopic (exact) mass is 830 g/mol. The Morgan fingerprint density at radius 1 is 0.915 bits per heavy atom. The number of imide groups is 2. The Morgan fingerprint density at radius 2 is 1.58 bits per heavy atom. The standard InChI is InChI=1S/C43H45ClF2N6O7/c1-42(2)40(43(3,4)41(42)59-27-8-7-24(23-47)30(44)22-27)49-37(55)35-31(45)19-25(20-32(35)46)51-16-14-50(15-17-51)13-5-6-18-58-26-9-10-28-29(21-26)39(57)52(38(28)56)33-11-12-34(53)48-36(33)54/h7-10,19-22,33,40-41H,5-6,11-18H2,1-4H3,(H,49,55)(H,48,53,54)/t33?,40-,41-. The van der Waals surface area contributed by atoms with Gasteiger partial charge in [0.15, 0.2) is 0 Å². The first-order chi connectivity index (χ1) is 28.0. The van der Waals surface area contributed by atoms with Crippen LogP contribution in [0.15, 0.2) is 48.5 Å². The highest BCUT2D eigenvalue weighted by Crippen LogP contribution is 2.55. The van der Waals surface area contributed by atoms with Gasteiger partial charge in [-0.2, -0.15) is 5.26 Å². The van der Waals surface area contributed by atoms with Gasteiger partial charge < -0.3 is 19.7 Å². The molecule has 3 aromatic rings. The van der Waals surface area contributed by atoms with Crippen LogP contribution in [0, 0.1) is 33.8 Å². The third-order valence-corrected chi connectivity index (χ3v) is 12.3. The van der Waals surface area contributed by atoms with E-state index >= 15 is 8.78 Å². The largest absolute Gasteiger partial charge is 0.494 e. The van der Waals surface area contributed by atoms with Crippen LogP contribution in [0.25, 0.3) is 0 Å². The van der Waals surface area contributed by atoms with Crippen LogP contribution in [0.2, 0.25) is 5.02 Å². The van der Waals surface area contributed by atoms with E-state index in [-0.39, 0.29) is 35.1 Å². The van der Waals surface area contributed by atoms with Gasteiger partial charge in [-0.1, -0.05) is 39.3 Å². The summed E-state index contributed by atoms with van der Waals surface area (Å²) in [5.41, 5.74) is -0.845. The summed E-state index contributed by atoms with van der Waals surface area (Å²) in [5.74, 6) is -4.11. The van der Waals surface area contributed by atoms with Crippen LogP contribution in [-0.2, 0) is 9.59 Å².